The van der Waals surface area contributed by atoms with Gasteiger partial charge in [-0.3, -0.25) is 0 Å². The molecule has 0 fully saturated rings. The molecule has 0 bridgehead atoms. The number of hydrogen-bond donors (Lipinski definition) is 1. The fraction of sp³-hybridized carbons (Fsp3) is 0.455. The highest BCUT2D eigenvalue weighted by Crippen LogP contribution is 2.12. The second kappa shape index (κ2) is 5.82. The van der Waals surface area contributed by atoms with Crippen LogP contribution in [0.3, 0.4) is 0 Å². The quantitative estimate of drug-likeness (QED) is 0.518. The van der Waals surface area contributed by atoms with Crippen molar-refractivity contribution in [2.75, 3.05) is 0 Å². The first kappa shape index (κ1) is 12.2. The SMILES string of the molecule is C=C(C=C(C=CC)B(C)O)C(C)C. The van der Waals surface area contributed by atoms with Gasteiger partial charge in [0.1, 0.15) is 0 Å². The zero-order chi connectivity index (χ0) is 10.4. The van der Waals surface area contributed by atoms with Gasteiger partial charge in [-0.1, -0.05) is 51.1 Å². The first-order valence-electron chi connectivity index (χ1n) is 4.70. The van der Waals surface area contributed by atoms with Crippen molar-refractivity contribution in [1.82, 2.24) is 0 Å². The Morgan fingerprint density at radius 1 is 1.46 bits per heavy atom. The predicted octanol–water partition coefficient (Wildman–Crippen LogP) is 2.85. The number of rotatable bonds is 4. The second-order valence-electron chi connectivity index (χ2n) is 3.55. The molecule has 1 N–H and O–H groups in total. The van der Waals surface area contributed by atoms with Crippen molar-refractivity contribution in [3.8, 4) is 0 Å². The number of allylic oxidation sites excluding steroid dienone is 5. The van der Waals surface area contributed by atoms with E-state index in [1.165, 1.54) is 0 Å². The van der Waals surface area contributed by atoms with E-state index >= 15 is 0 Å². The maximum Gasteiger partial charge on any atom is 0.320 e. The fourth-order valence-corrected chi connectivity index (χ4v) is 0.881. The lowest BCUT2D eigenvalue weighted by atomic mass is 9.62. The minimum Gasteiger partial charge on any atom is -0.447 e. The average molecular weight is 178 g/mol. The smallest absolute Gasteiger partial charge is 0.320 e. The van der Waals surface area contributed by atoms with Gasteiger partial charge in [-0.2, -0.15) is 0 Å². The van der Waals surface area contributed by atoms with Gasteiger partial charge in [0.2, 0.25) is 0 Å². The van der Waals surface area contributed by atoms with E-state index in [0.29, 0.717) is 5.92 Å². The third kappa shape index (κ3) is 4.74. The summed E-state index contributed by atoms with van der Waals surface area (Å²) < 4.78 is 0. The van der Waals surface area contributed by atoms with Crippen LogP contribution < -0.4 is 0 Å². The van der Waals surface area contributed by atoms with E-state index in [4.69, 9.17) is 0 Å². The Balaban J connectivity index is 4.63. The third-order valence-electron chi connectivity index (χ3n) is 1.94. The van der Waals surface area contributed by atoms with E-state index < -0.39 is 6.92 Å². The van der Waals surface area contributed by atoms with Gasteiger partial charge >= 0.3 is 6.92 Å². The molecule has 72 valence electrons. The van der Waals surface area contributed by atoms with Gasteiger partial charge in [0.25, 0.3) is 0 Å². The molecule has 13 heavy (non-hydrogen) atoms. The lowest BCUT2D eigenvalue weighted by Crippen LogP contribution is -2.09. The molecule has 0 heterocycles. The van der Waals surface area contributed by atoms with Crippen molar-refractivity contribution in [2.45, 2.75) is 27.6 Å². The molecule has 1 nitrogen and oxygen atoms in total. The maximum atomic E-state index is 9.41. The first-order chi connectivity index (χ1) is 5.99. The molecule has 0 spiro atoms. The highest BCUT2D eigenvalue weighted by atomic mass is 16.2. The summed E-state index contributed by atoms with van der Waals surface area (Å²) in [5.41, 5.74) is 1.97. The Morgan fingerprint density at radius 2 is 2.00 bits per heavy atom. The van der Waals surface area contributed by atoms with Crippen molar-refractivity contribution >= 4 is 6.92 Å². The maximum absolute atomic E-state index is 9.41. The molecular formula is C11H19BO. The van der Waals surface area contributed by atoms with E-state index in [2.05, 4.69) is 20.4 Å². The molecule has 0 aromatic carbocycles. The van der Waals surface area contributed by atoms with Crippen LogP contribution >= 0.6 is 0 Å². The van der Waals surface area contributed by atoms with Crippen molar-refractivity contribution in [3.05, 3.63) is 35.9 Å². The van der Waals surface area contributed by atoms with Crippen LogP contribution in [-0.2, 0) is 0 Å². The molecule has 0 aliphatic heterocycles. The Labute approximate surface area is 82.0 Å². The monoisotopic (exact) mass is 178 g/mol. The van der Waals surface area contributed by atoms with Gasteiger partial charge in [-0.05, 0) is 18.3 Å². The van der Waals surface area contributed by atoms with E-state index in [9.17, 15) is 5.02 Å². The van der Waals surface area contributed by atoms with E-state index in [-0.39, 0.29) is 0 Å². The van der Waals surface area contributed by atoms with Crippen LogP contribution in [0.1, 0.15) is 20.8 Å². The summed E-state index contributed by atoms with van der Waals surface area (Å²) in [5.74, 6) is 0.430. The Morgan fingerprint density at radius 3 is 2.31 bits per heavy atom. The molecule has 0 aromatic rings. The van der Waals surface area contributed by atoms with Gasteiger partial charge in [0.15, 0.2) is 0 Å². The second-order valence-corrected chi connectivity index (χ2v) is 3.55. The third-order valence-corrected chi connectivity index (χ3v) is 1.94. The van der Waals surface area contributed by atoms with Crippen molar-refractivity contribution in [1.29, 1.82) is 0 Å². The molecule has 0 aliphatic rings. The van der Waals surface area contributed by atoms with Crippen LogP contribution in [0.5, 0.6) is 0 Å². The minimum atomic E-state index is -0.424. The van der Waals surface area contributed by atoms with Gasteiger partial charge in [0.05, 0.1) is 0 Å². The van der Waals surface area contributed by atoms with Crippen LogP contribution in [0.15, 0.2) is 35.9 Å². The fourth-order valence-electron chi connectivity index (χ4n) is 0.881. The zero-order valence-electron chi connectivity index (χ0n) is 9.04. The van der Waals surface area contributed by atoms with E-state index in [1.54, 1.807) is 6.82 Å². The Bertz CT molecular complexity index is 224. The summed E-state index contributed by atoms with van der Waals surface area (Å²) >= 11 is 0. The lowest BCUT2D eigenvalue weighted by molar-refractivity contribution is 0.589. The van der Waals surface area contributed by atoms with Crippen LogP contribution in [0.25, 0.3) is 0 Å². The number of hydrogen-bond acceptors (Lipinski definition) is 1. The molecular weight excluding hydrogens is 159 g/mol. The van der Waals surface area contributed by atoms with Crippen LogP contribution in [-0.4, -0.2) is 11.9 Å². The molecule has 0 rings (SSSR count). The molecule has 0 unspecified atom stereocenters. The molecule has 0 saturated heterocycles. The van der Waals surface area contributed by atoms with Gasteiger partial charge < -0.3 is 5.02 Å². The summed E-state index contributed by atoms with van der Waals surface area (Å²) in [6.07, 6.45) is 5.79. The van der Waals surface area contributed by atoms with Crippen LogP contribution in [0, 0.1) is 5.92 Å². The Kier molecular flexibility index (Phi) is 5.48. The normalized spacial score (nSPS) is 12.6. The molecule has 0 amide bonds. The molecule has 0 radical (unpaired) electrons. The van der Waals surface area contributed by atoms with Gasteiger partial charge in [0, 0.05) is 0 Å². The summed E-state index contributed by atoms with van der Waals surface area (Å²) in [4.78, 5) is 0. The summed E-state index contributed by atoms with van der Waals surface area (Å²) in [7, 11) is 0. The largest absolute Gasteiger partial charge is 0.447 e. The average Bonchev–Trinajstić information content (AvgIpc) is 2.03. The van der Waals surface area contributed by atoms with Crippen molar-refractivity contribution in [3.63, 3.8) is 0 Å². The highest BCUT2D eigenvalue weighted by molar-refractivity contribution is 6.58. The Hall–Kier alpha value is -0.755. The minimum absolute atomic E-state index is 0.424. The van der Waals surface area contributed by atoms with E-state index in [0.717, 1.165) is 11.0 Å². The molecule has 0 atom stereocenters. The first-order valence-corrected chi connectivity index (χ1v) is 4.70. The van der Waals surface area contributed by atoms with Crippen LogP contribution in [0.4, 0.5) is 0 Å². The van der Waals surface area contributed by atoms with Crippen LogP contribution in [0.2, 0.25) is 6.82 Å². The van der Waals surface area contributed by atoms with Crippen molar-refractivity contribution in [2.24, 2.45) is 5.92 Å². The van der Waals surface area contributed by atoms with E-state index in [1.807, 2.05) is 25.2 Å². The molecule has 0 saturated carbocycles. The summed E-state index contributed by atoms with van der Waals surface area (Å²) in [6.45, 7) is 11.4. The molecule has 0 aromatic heterocycles. The van der Waals surface area contributed by atoms with Gasteiger partial charge in [-0.25, -0.2) is 0 Å². The molecule has 2 heteroatoms. The summed E-state index contributed by atoms with van der Waals surface area (Å²) in [5, 5.41) is 9.41. The molecule has 0 aliphatic carbocycles. The topological polar surface area (TPSA) is 20.2 Å². The van der Waals surface area contributed by atoms with Gasteiger partial charge in [-0.15, -0.1) is 0 Å². The zero-order valence-corrected chi connectivity index (χ0v) is 9.04. The summed E-state index contributed by atoms with van der Waals surface area (Å²) in [6, 6.07) is 0. The lowest BCUT2D eigenvalue weighted by Gasteiger charge is -2.07. The highest BCUT2D eigenvalue weighted by Gasteiger charge is 2.07. The predicted molar refractivity (Wildman–Crippen MR) is 60.7 cm³/mol. The van der Waals surface area contributed by atoms with Crippen molar-refractivity contribution < 1.29 is 5.02 Å². The standard InChI is InChI=1S/C11H19BO/c1-6-7-11(12(5)13)8-10(4)9(2)3/h6-9,13H,4H2,1-3,5H3.